The Bertz CT molecular complexity index is 1180. The van der Waals surface area contributed by atoms with Crippen LogP contribution in [0.3, 0.4) is 0 Å². The van der Waals surface area contributed by atoms with Gasteiger partial charge in [-0.05, 0) is 98.9 Å². The van der Waals surface area contributed by atoms with Gasteiger partial charge in [0.2, 0.25) is 5.91 Å². The Hall–Kier alpha value is -2.85. The van der Waals surface area contributed by atoms with Gasteiger partial charge in [0.15, 0.2) is 0 Å². The molecule has 0 aliphatic heterocycles. The van der Waals surface area contributed by atoms with Gasteiger partial charge in [-0.25, -0.2) is 8.42 Å². The van der Waals surface area contributed by atoms with Gasteiger partial charge >= 0.3 is 0 Å². The standard InChI is InChI=1S/C27H31N3O3S/c1-19(27-14-21-10-22(15-27)12-23(11-21)16-27)29-26(31)18-30(24-7-3-2-4-8-24)34(32,33)25-9-5-6-20(13-25)17-28/h2-9,13,19,21-23H,10-12,14-16,18H2,1H3,(H,29,31)/t19-,21?,22?,23?,27?/m0/s1. The van der Waals surface area contributed by atoms with Crippen LogP contribution in [-0.4, -0.2) is 26.9 Å². The highest BCUT2D eigenvalue weighted by Gasteiger charge is 2.53. The maximum absolute atomic E-state index is 13.6. The fourth-order valence-electron chi connectivity index (χ4n) is 7.04. The number of para-hydroxylation sites is 1. The molecule has 2 aromatic rings. The number of rotatable bonds is 7. The average molecular weight is 478 g/mol. The second-order valence-corrected chi connectivity index (χ2v) is 12.4. The molecule has 4 bridgehead atoms. The molecular formula is C27H31N3O3S. The van der Waals surface area contributed by atoms with E-state index in [1.165, 1.54) is 50.7 Å². The third-order valence-electron chi connectivity index (χ3n) is 8.26. The molecule has 7 heteroatoms. The number of hydrogen-bond acceptors (Lipinski definition) is 4. The van der Waals surface area contributed by atoms with Crippen LogP contribution in [0.25, 0.3) is 0 Å². The van der Waals surface area contributed by atoms with Gasteiger partial charge in [0.25, 0.3) is 10.0 Å². The largest absolute Gasteiger partial charge is 0.352 e. The van der Waals surface area contributed by atoms with E-state index in [9.17, 15) is 18.5 Å². The second kappa shape index (κ2) is 8.74. The highest BCUT2D eigenvalue weighted by molar-refractivity contribution is 7.92. The first-order chi connectivity index (χ1) is 16.3. The molecule has 4 aliphatic rings. The first-order valence-corrected chi connectivity index (χ1v) is 13.6. The number of nitriles is 1. The fraction of sp³-hybridized carbons (Fsp3) is 0.481. The van der Waals surface area contributed by atoms with Crippen molar-refractivity contribution in [1.82, 2.24) is 5.32 Å². The lowest BCUT2D eigenvalue weighted by Crippen LogP contribution is -2.57. The predicted octanol–water partition coefficient (Wildman–Crippen LogP) is 4.47. The lowest BCUT2D eigenvalue weighted by molar-refractivity contribution is -0.124. The van der Waals surface area contributed by atoms with Crippen LogP contribution < -0.4 is 9.62 Å². The van der Waals surface area contributed by atoms with Crippen LogP contribution in [0.2, 0.25) is 0 Å². The molecule has 0 heterocycles. The van der Waals surface area contributed by atoms with Crippen LogP contribution in [0, 0.1) is 34.5 Å². The van der Waals surface area contributed by atoms with E-state index in [0.717, 1.165) is 22.1 Å². The van der Waals surface area contributed by atoms with Gasteiger partial charge in [0.1, 0.15) is 6.54 Å². The Morgan fingerprint density at radius 3 is 2.26 bits per heavy atom. The summed E-state index contributed by atoms with van der Waals surface area (Å²) in [5.41, 5.74) is 0.818. The monoisotopic (exact) mass is 477 g/mol. The summed E-state index contributed by atoms with van der Waals surface area (Å²) in [6.45, 7) is 1.79. The summed E-state index contributed by atoms with van der Waals surface area (Å²) < 4.78 is 28.3. The van der Waals surface area contributed by atoms with Crippen molar-refractivity contribution in [3.05, 3.63) is 60.2 Å². The molecular weight excluding hydrogens is 446 g/mol. The first-order valence-electron chi connectivity index (χ1n) is 12.2. The quantitative estimate of drug-likeness (QED) is 0.637. The lowest BCUT2D eigenvalue weighted by atomic mass is 9.48. The summed E-state index contributed by atoms with van der Waals surface area (Å²) in [5, 5.41) is 12.4. The van der Waals surface area contributed by atoms with E-state index in [1.807, 2.05) is 6.07 Å². The number of amides is 1. The van der Waals surface area contributed by atoms with E-state index in [2.05, 4.69) is 12.2 Å². The van der Waals surface area contributed by atoms with Gasteiger partial charge in [-0.2, -0.15) is 5.26 Å². The summed E-state index contributed by atoms with van der Waals surface area (Å²) in [6.07, 6.45) is 7.51. The normalized spacial score (nSPS) is 28.2. The zero-order chi connectivity index (χ0) is 23.9. The highest BCUT2D eigenvalue weighted by Crippen LogP contribution is 2.61. The van der Waals surface area contributed by atoms with E-state index in [4.69, 9.17) is 0 Å². The Morgan fingerprint density at radius 2 is 1.68 bits per heavy atom. The molecule has 178 valence electrons. The SMILES string of the molecule is C[C@H](NC(=O)CN(c1ccccc1)S(=O)(=O)c1cccc(C#N)c1)C12CC3CC(CC(C3)C1)C2. The molecule has 0 unspecified atom stereocenters. The highest BCUT2D eigenvalue weighted by atomic mass is 32.2. The maximum Gasteiger partial charge on any atom is 0.264 e. The van der Waals surface area contributed by atoms with E-state index in [0.29, 0.717) is 5.69 Å². The molecule has 0 radical (unpaired) electrons. The van der Waals surface area contributed by atoms with E-state index in [-0.39, 0.29) is 34.4 Å². The van der Waals surface area contributed by atoms with Gasteiger partial charge < -0.3 is 5.32 Å². The number of nitrogens with zero attached hydrogens (tertiary/aromatic N) is 2. The first kappa shape index (κ1) is 22.9. The van der Waals surface area contributed by atoms with Gasteiger partial charge in [-0.3, -0.25) is 9.10 Å². The third-order valence-corrected chi connectivity index (χ3v) is 10.0. The third kappa shape index (κ3) is 4.20. The van der Waals surface area contributed by atoms with Crippen molar-refractivity contribution < 1.29 is 13.2 Å². The molecule has 6 rings (SSSR count). The van der Waals surface area contributed by atoms with Crippen LogP contribution >= 0.6 is 0 Å². The molecule has 0 spiro atoms. The molecule has 1 amide bonds. The van der Waals surface area contributed by atoms with Crippen LogP contribution in [-0.2, 0) is 14.8 Å². The summed E-state index contributed by atoms with van der Waals surface area (Å²) in [5.74, 6) is 2.03. The Morgan fingerprint density at radius 1 is 1.06 bits per heavy atom. The van der Waals surface area contributed by atoms with Crippen molar-refractivity contribution in [3.8, 4) is 6.07 Å². The van der Waals surface area contributed by atoms with Crippen molar-refractivity contribution in [2.45, 2.75) is 56.4 Å². The van der Waals surface area contributed by atoms with Gasteiger partial charge in [0, 0.05) is 6.04 Å². The van der Waals surface area contributed by atoms with Crippen LogP contribution in [0.5, 0.6) is 0 Å². The topological polar surface area (TPSA) is 90.3 Å². The van der Waals surface area contributed by atoms with E-state index >= 15 is 0 Å². The predicted molar refractivity (Wildman–Crippen MR) is 130 cm³/mol. The number of anilines is 1. The van der Waals surface area contributed by atoms with Crippen LogP contribution in [0.4, 0.5) is 5.69 Å². The molecule has 1 atom stereocenters. The average Bonchev–Trinajstić information content (AvgIpc) is 2.82. The van der Waals surface area contributed by atoms with Crippen LogP contribution in [0.1, 0.15) is 51.0 Å². The lowest BCUT2D eigenvalue weighted by Gasteiger charge is -2.59. The van der Waals surface area contributed by atoms with Crippen LogP contribution in [0.15, 0.2) is 59.5 Å². The van der Waals surface area contributed by atoms with Crippen molar-refractivity contribution in [3.63, 3.8) is 0 Å². The Kier molecular flexibility index (Phi) is 5.89. The fourth-order valence-corrected chi connectivity index (χ4v) is 8.51. The van der Waals surface area contributed by atoms with Gasteiger partial charge in [-0.15, -0.1) is 0 Å². The minimum Gasteiger partial charge on any atom is -0.352 e. The van der Waals surface area contributed by atoms with Gasteiger partial charge in [0.05, 0.1) is 22.2 Å². The molecule has 6 nitrogen and oxygen atoms in total. The molecule has 4 aliphatic carbocycles. The summed E-state index contributed by atoms with van der Waals surface area (Å²) in [6, 6.07) is 16.6. The number of hydrogen-bond donors (Lipinski definition) is 1. The van der Waals surface area contributed by atoms with Gasteiger partial charge in [-0.1, -0.05) is 24.3 Å². The molecule has 4 saturated carbocycles. The second-order valence-electron chi connectivity index (χ2n) is 10.6. The maximum atomic E-state index is 13.6. The number of carbonyl (C=O) groups excluding carboxylic acids is 1. The van der Waals surface area contributed by atoms with Crippen molar-refractivity contribution in [2.75, 3.05) is 10.8 Å². The Labute approximate surface area is 202 Å². The number of benzene rings is 2. The number of sulfonamides is 1. The summed E-state index contributed by atoms with van der Waals surface area (Å²) in [7, 11) is -4.04. The number of carbonyl (C=O) groups is 1. The molecule has 0 saturated heterocycles. The number of nitrogens with one attached hydrogen (secondary N) is 1. The molecule has 4 fully saturated rings. The summed E-state index contributed by atoms with van der Waals surface area (Å²) in [4.78, 5) is 13.3. The molecule has 2 aromatic carbocycles. The molecule has 1 N–H and O–H groups in total. The summed E-state index contributed by atoms with van der Waals surface area (Å²) >= 11 is 0. The zero-order valence-electron chi connectivity index (χ0n) is 19.5. The van der Waals surface area contributed by atoms with E-state index < -0.39 is 10.0 Å². The minimum absolute atomic E-state index is 0.00247. The zero-order valence-corrected chi connectivity index (χ0v) is 20.3. The van der Waals surface area contributed by atoms with E-state index in [1.54, 1.807) is 42.5 Å². The minimum atomic E-state index is -4.04. The molecule has 34 heavy (non-hydrogen) atoms. The molecule has 0 aromatic heterocycles. The Balaban J connectivity index is 1.38. The van der Waals surface area contributed by atoms with Crippen molar-refractivity contribution >= 4 is 21.6 Å². The smallest absolute Gasteiger partial charge is 0.264 e. The van der Waals surface area contributed by atoms with Crippen molar-refractivity contribution in [1.29, 1.82) is 5.26 Å². The van der Waals surface area contributed by atoms with Crippen molar-refractivity contribution in [2.24, 2.45) is 23.2 Å².